The van der Waals surface area contributed by atoms with E-state index in [0.717, 1.165) is 10.9 Å². The SMILES string of the molecule is CC(c1cccs1)N(C)c1cc(OC(F)F)c(F)cc1N. The second-order valence-electron chi connectivity index (χ2n) is 4.52. The van der Waals surface area contributed by atoms with Gasteiger partial charge in [-0.05, 0) is 18.4 Å². The smallest absolute Gasteiger partial charge is 0.387 e. The Morgan fingerprint density at radius 1 is 1.33 bits per heavy atom. The van der Waals surface area contributed by atoms with E-state index in [0.29, 0.717) is 5.69 Å². The molecule has 0 saturated carbocycles. The molecule has 21 heavy (non-hydrogen) atoms. The highest BCUT2D eigenvalue weighted by atomic mass is 32.1. The van der Waals surface area contributed by atoms with Crippen molar-refractivity contribution in [2.45, 2.75) is 19.6 Å². The summed E-state index contributed by atoms with van der Waals surface area (Å²) < 4.78 is 42.3. The molecular weight excluding hydrogens is 301 g/mol. The van der Waals surface area contributed by atoms with Crippen molar-refractivity contribution in [2.24, 2.45) is 0 Å². The molecule has 1 heterocycles. The molecule has 0 fully saturated rings. The number of anilines is 2. The fourth-order valence-electron chi connectivity index (χ4n) is 1.98. The third-order valence-electron chi connectivity index (χ3n) is 3.21. The zero-order chi connectivity index (χ0) is 15.6. The van der Waals surface area contributed by atoms with Crippen LogP contribution in [0.1, 0.15) is 17.8 Å². The van der Waals surface area contributed by atoms with Crippen molar-refractivity contribution in [3.63, 3.8) is 0 Å². The number of nitrogens with zero attached hydrogens (tertiary/aromatic N) is 1. The Kier molecular flexibility index (Phi) is 4.62. The Morgan fingerprint density at radius 2 is 2.05 bits per heavy atom. The number of thiophene rings is 1. The Hall–Kier alpha value is -1.89. The number of alkyl halides is 2. The second kappa shape index (κ2) is 6.26. The summed E-state index contributed by atoms with van der Waals surface area (Å²) in [5.41, 5.74) is 6.40. The van der Waals surface area contributed by atoms with Gasteiger partial charge >= 0.3 is 6.61 Å². The van der Waals surface area contributed by atoms with E-state index in [1.165, 1.54) is 6.07 Å². The van der Waals surface area contributed by atoms with Gasteiger partial charge < -0.3 is 15.4 Å². The Morgan fingerprint density at radius 3 is 2.62 bits per heavy atom. The minimum atomic E-state index is -3.09. The van der Waals surface area contributed by atoms with Gasteiger partial charge in [0.1, 0.15) is 0 Å². The number of halogens is 3. The van der Waals surface area contributed by atoms with Gasteiger partial charge in [-0.25, -0.2) is 4.39 Å². The van der Waals surface area contributed by atoms with Crippen molar-refractivity contribution in [2.75, 3.05) is 17.7 Å². The molecule has 0 aliphatic heterocycles. The maximum absolute atomic E-state index is 13.6. The van der Waals surface area contributed by atoms with E-state index in [1.807, 2.05) is 24.4 Å². The summed E-state index contributed by atoms with van der Waals surface area (Å²) in [4.78, 5) is 2.87. The van der Waals surface area contributed by atoms with Crippen LogP contribution in [0, 0.1) is 5.82 Å². The highest BCUT2D eigenvalue weighted by molar-refractivity contribution is 7.10. The summed E-state index contributed by atoms with van der Waals surface area (Å²) in [6.45, 7) is -1.14. The molecule has 1 atom stereocenters. The van der Waals surface area contributed by atoms with Crippen LogP contribution < -0.4 is 15.4 Å². The highest BCUT2D eigenvalue weighted by Gasteiger charge is 2.19. The van der Waals surface area contributed by atoms with Gasteiger partial charge in [0.2, 0.25) is 0 Å². The Bertz CT molecular complexity index is 605. The number of hydrogen-bond donors (Lipinski definition) is 1. The van der Waals surface area contributed by atoms with E-state index in [-0.39, 0.29) is 11.7 Å². The van der Waals surface area contributed by atoms with E-state index in [1.54, 1.807) is 23.3 Å². The minimum Gasteiger partial charge on any atom is -0.432 e. The number of rotatable bonds is 5. The van der Waals surface area contributed by atoms with Crippen LogP contribution in [0.3, 0.4) is 0 Å². The lowest BCUT2D eigenvalue weighted by Crippen LogP contribution is -2.22. The monoisotopic (exact) mass is 316 g/mol. The number of benzene rings is 1. The molecule has 2 aromatic rings. The summed E-state index contributed by atoms with van der Waals surface area (Å²) in [6, 6.07) is 6.04. The molecule has 7 heteroatoms. The molecule has 1 aromatic carbocycles. The van der Waals surface area contributed by atoms with Gasteiger partial charge in [-0.1, -0.05) is 6.07 Å². The first kappa shape index (κ1) is 15.5. The van der Waals surface area contributed by atoms with Crippen LogP contribution in [0.2, 0.25) is 0 Å². The van der Waals surface area contributed by atoms with E-state index in [4.69, 9.17) is 5.73 Å². The predicted molar refractivity (Wildman–Crippen MR) is 78.6 cm³/mol. The molecule has 1 aromatic heterocycles. The van der Waals surface area contributed by atoms with E-state index in [9.17, 15) is 13.2 Å². The first-order valence-corrected chi connectivity index (χ1v) is 7.08. The molecule has 2 rings (SSSR count). The van der Waals surface area contributed by atoms with Crippen LogP contribution in [-0.4, -0.2) is 13.7 Å². The standard InChI is InChI=1S/C14H15F3N2OS/c1-8(13-4-3-5-21-13)19(2)11-7-12(20-14(16)17)9(15)6-10(11)18/h3-8,14H,18H2,1-2H3. The lowest BCUT2D eigenvalue weighted by atomic mass is 10.1. The van der Waals surface area contributed by atoms with Gasteiger partial charge in [0.05, 0.1) is 17.4 Å². The molecular formula is C14H15F3N2OS. The molecule has 0 radical (unpaired) electrons. The molecule has 3 nitrogen and oxygen atoms in total. The van der Waals surface area contributed by atoms with Gasteiger partial charge in [-0.3, -0.25) is 0 Å². The van der Waals surface area contributed by atoms with Crippen LogP contribution in [0.5, 0.6) is 5.75 Å². The summed E-state index contributed by atoms with van der Waals surface area (Å²) >= 11 is 1.57. The first-order chi connectivity index (χ1) is 9.90. The van der Waals surface area contributed by atoms with Crippen LogP contribution in [0.25, 0.3) is 0 Å². The zero-order valence-electron chi connectivity index (χ0n) is 11.5. The third-order valence-corrected chi connectivity index (χ3v) is 4.26. The topological polar surface area (TPSA) is 38.5 Å². The van der Waals surface area contributed by atoms with Gasteiger partial charge in [-0.15, -0.1) is 11.3 Å². The fourth-order valence-corrected chi connectivity index (χ4v) is 2.80. The zero-order valence-corrected chi connectivity index (χ0v) is 12.3. The van der Waals surface area contributed by atoms with E-state index < -0.39 is 18.2 Å². The van der Waals surface area contributed by atoms with Crippen molar-refractivity contribution in [1.29, 1.82) is 0 Å². The number of nitrogen functional groups attached to an aromatic ring is 1. The molecule has 114 valence electrons. The number of nitrogens with two attached hydrogens (primary N) is 1. The van der Waals surface area contributed by atoms with Crippen LogP contribution >= 0.6 is 11.3 Å². The average molecular weight is 316 g/mol. The minimum absolute atomic E-state index is 0.0304. The fraction of sp³-hybridized carbons (Fsp3) is 0.286. The van der Waals surface area contributed by atoms with Crippen molar-refractivity contribution < 1.29 is 17.9 Å². The number of hydrogen-bond acceptors (Lipinski definition) is 4. The quantitative estimate of drug-likeness (QED) is 0.837. The molecule has 0 spiro atoms. The van der Waals surface area contributed by atoms with Crippen molar-refractivity contribution in [1.82, 2.24) is 0 Å². The average Bonchev–Trinajstić information content (AvgIpc) is 2.93. The van der Waals surface area contributed by atoms with Crippen molar-refractivity contribution in [3.8, 4) is 5.75 Å². The molecule has 0 aliphatic rings. The van der Waals surface area contributed by atoms with Crippen molar-refractivity contribution >= 4 is 22.7 Å². The Labute approximate surface area is 124 Å². The second-order valence-corrected chi connectivity index (χ2v) is 5.50. The van der Waals surface area contributed by atoms with Gasteiger partial charge in [0, 0.05) is 24.1 Å². The summed E-state index contributed by atoms with van der Waals surface area (Å²) in [7, 11) is 1.76. The molecule has 0 bridgehead atoms. The highest BCUT2D eigenvalue weighted by Crippen LogP contribution is 2.36. The molecule has 0 aliphatic carbocycles. The first-order valence-electron chi connectivity index (χ1n) is 6.20. The third kappa shape index (κ3) is 3.41. The maximum Gasteiger partial charge on any atom is 0.387 e. The summed E-state index contributed by atoms with van der Waals surface area (Å²) in [5, 5.41) is 1.94. The molecule has 0 amide bonds. The lowest BCUT2D eigenvalue weighted by molar-refractivity contribution is -0.0521. The van der Waals surface area contributed by atoms with Crippen molar-refractivity contribution in [3.05, 3.63) is 40.3 Å². The van der Waals surface area contributed by atoms with Gasteiger partial charge in [0.15, 0.2) is 11.6 Å². The number of ether oxygens (including phenoxy) is 1. The normalized spacial score (nSPS) is 12.5. The van der Waals surface area contributed by atoms with Crippen LogP contribution in [0.15, 0.2) is 29.6 Å². The van der Waals surface area contributed by atoms with E-state index in [2.05, 4.69) is 4.74 Å². The Balaban J connectivity index is 2.34. The van der Waals surface area contributed by atoms with Crippen LogP contribution in [-0.2, 0) is 0 Å². The van der Waals surface area contributed by atoms with Crippen LogP contribution in [0.4, 0.5) is 24.5 Å². The predicted octanol–water partition coefficient (Wildman–Crippen LogP) is 4.27. The van der Waals surface area contributed by atoms with Gasteiger partial charge in [0.25, 0.3) is 0 Å². The summed E-state index contributed by atoms with van der Waals surface area (Å²) in [5.74, 6) is -1.42. The van der Waals surface area contributed by atoms with Gasteiger partial charge in [-0.2, -0.15) is 8.78 Å². The molecule has 1 unspecified atom stereocenters. The lowest BCUT2D eigenvalue weighted by Gasteiger charge is -2.28. The molecule has 2 N–H and O–H groups in total. The molecule has 0 saturated heterocycles. The van der Waals surface area contributed by atoms with E-state index >= 15 is 0 Å². The summed E-state index contributed by atoms with van der Waals surface area (Å²) in [6.07, 6.45) is 0. The maximum atomic E-state index is 13.6. The largest absolute Gasteiger partial charge is 0.432 e.